The molecule has 44 heavy (non-hydrogen) atoms. The van der Waals surface area contributed by atoms with Gasteiger partial charge in [-0.15, -0.1) is 0 Å². The molecule has 10 nitrogen and oxygen atoms in total. The second-order valence-electron chi connectivity index (χ2n) is 12.4. The summed E-state index contributed by atoms with van der Waals surface area (Å²) in [7, 11) is 0. The molecule has 230 valence electrons. The highest BCUT2D eigenvalue weighted by Gasteiger charge is 2.33. The van der Waals surface area contributed by atoms with Crippen molar-refractivity contribution in [3.63, 3.8) is 0 Å². The molecule has 1 fully saturated rings. The van der Waals surface area contributed by atoms with Crippen LogP contribution in [-0.2, 0) is 4.74 Å². The highest BCUT2D eigenvalue weighted by Crippen LogP contribution is 2.36. The van der Waals surface area contributed by atoms with Gasteiger partial charge in [0.25, 0.3) is 0 Å². The summed E-state index contributed by atoms with van der Waals surface area (Å²) < 4.78 is 14.9. The van der Waals surface area contributed by atoms with Gasteiger partial charge in [-0.05, 0) is 58.2 Å². The van der Waals surface area contributed by atoms with Gasteiger partial charge in [0.1, 0.15) is 12.8 Å². The monoisotopic (exact) mass is 617 g/mol. The highest BCUT2D eigenvalue weighted by atomic mass is 35.5. The molecule has 3 aromatic heterocycles. The van der Waals surface area contributed by atoms with Crippen molar-refractivity contribution >= 4 is 40.8 Å². The third-order valence-corrected chi connectivity index (χ3v) is 7.86. The number of piperazine rings is 1. The first-order valence-electron chi connectivity index (χ1n) is 15.1. The van der Waals surface area contributed by atoms with Crippen LogP contribution in [0.4, 0.5) is 10.6 Å². The van der Waals surface area contributed by atoms with Crippen LogP contribution < -0.4 is 10.6 Å². The molecule has 0 radical (unpaired) electrons. The van der Waals surface area contributed by atoms with Crippen molar-refractivity contribution in [2.24, 2.45) is 0 Å². The number of pyridine rings is 2. The third kappa shape index (κ3) is 5.91. The van der Waals surface area contributed by atoms with Gasteiger partial charge in [0.2, 0.25) is 0 Å². The van der Waals surface area contributed by atoms with Gasteiger partial charge in [0.05, 0.1) is 27.5 Å². The van der Waals surface area contributed by atoms with E-state index in [2.05, 4.69) is 9.97 Å². The Morgan fingerprint density at radius 1 is 1.18 bits per heavy atom. The topological polar surface area (TPSA) is 111 Å². The Kier molecular flexibility index (Phi) is 8.11. The number of halogens is 1. The largest absolute Gasteiger partial charge is 0.444 e. The number of hydrogen-bond acceptors (Lipinski definition) is 8. The number of fused-ring (bicyclic) bond motifs is 1. The maximum absolute atomic E-state index is 14.1. The Morgan fingerprint density at radius 3 is 2.57 bits per heavy atom. The minimum atomic E-state index is -0.877. The predicted octanol–water partition coefficient (Wildman–Crippen LogP) is 6.19. The van der Waals surface area contributed by atoms with E-state index in [0.717, 1.165) is 5.56 Å². The van der Waals surface area contributed by atoms with Gasteiger partial charge >= 0.3 is 11.8 Å². The summed E-state index contributed by atoms with van der Waals surface area (Å²) in [6.45, 7) is 14.5. The van der Waals surface area contributed by atoms with E-state index in [-0.39, 0.29) is 33.9 Å². The Balaban J connectivity index is 1.75. The molecule has 4 heterocycles. The number of aryl methyl sites for hydroxylation is 1. The zero-order valence-electron chi connectivity index (χ0n) is 27.0. The zero-order chi connectivity index (χ0) is 32.8. The quantitative estimate of drug-likeness (QED) is 0.244. The van der Waals surface area contributed by atoms with Crippen LogP contribution in [0, 0.1) is 6.92 Å². The number of aromatic nitrogens is 4. The van der Waals surface area contributed by atoms with Gasteiger partial charge in [-0.25, -0.2) is 19.1 Å². The van der Waals surface area contributed by atoms with Crippen molar-refractivity contribution in [2.75, 3.05) is 24.5 Å². The van der Waals surface area contributed by atoms with E-state index in [0.29, 0.717) is 47.8 Å². The van der Waals surface area contributed by atoms with Crippen molar-refractivity contribution in [3.05, 3.63) is 74.9 Å². The fourth-order valence-corrected chi connectivity index (χ4v) is 5.80. The zero-order valence-corrected chi connectivity index (χ0v) is 26.8. The Labute approximate surface area is 263 Å². The molecule has 0 bridgehead atoms. The van der Waals surface area contributed by atoms with Gasteiger partial charge in [-0.1, -0.05) is 49.7 Å². The molecule has 4 aromatic rings. The molecule has 1 saturated heterocycles. The van der Waals surface area contributed by atoms with Gasteiger partial charge in [0, 0.05) is 43.0 Å². The number of rotatable bonds is 5. The minimum Gasteiger partial charge on any atom is -0.444 e. The fourth-order valence-electron chi connectivity index (χ4n) is 5.54. The number of ether oxygens (including phenoxy) is 1. The lowest BCUT2D eigenvalue weighted by Gasteiger charge is -2.41. The van der Waals surface area contributed by atoms with E-state index >= 15 is 0 Å². The summed E-state index contributed by atoms with van der Waals surface area (Å²) in [5, 5.41) is 0.755. The van der Waals surface area contributed by atoms with Crippen molar-refractivity contribution in [1.82, 2.24) is 24.4 Å². The highest BCUT2D eigenvalue weighted by molar-refractivity contribution is 6.34. The number of carbonyl (C=O) groups excluding carboxylic acids is 2. The number of aldehydes is 1. The van der Waals surface area contributed by atoms with Crippen LogP contribution in [-0.4, -0.2) is 68.1 Å². The molecule has 5 rings (SSSR count). The molecule has 0 aliphatic carbocycles. The summed E-state index contributed by atoms with van der Waals surface area (Å²) in [5.41, 5.74) is 1.99. The number of benzene rings is 1. The van der Waals surface area contributed by atoms with E-state index in [1.165, 1.54) is 4.57 Å². The third-order valence-electron chi connectivity index (χ3n) is 7.57. The van der Waals surface area contributed by atoms with E-state index in [9.17, 15) is 14.4 Å². The van der Waals surface area contributed by atoms with Crippen LogP contribution in [0.15, 0.2) is 47.4 Å². The average molecular weight is 618 g/mol. The summed E-state index contributed by atoms with van der Waals surface area (Å²) in [6.07, 6.45) is 0.437. The number of nitrogens with zero attached hydrogens (tertiary/aromatic N) is 6. The number of amides is 1. The predicted molar refractivity (Wildman–Crippen MR) is 172 cm³/mol. The molecule has 1 atom stereocenters. The molecular formula is C33H37ClN6O4. The second kappa shape index (κ2) is 12.0. The summed E-state index contributed by atoms with van der Waals surface area (Å²) >= 11 is 6.89. The van der Waals surface area contributed by atoms with Crippen molar-refractivity contribution in [3.8, 4) is 16.9 Å². The van der Waals surface area contributed by atoms with Gasteiger partial charge in [-0.2, -0.15) is 4.98 Å². The average Bonchev–Trinajstić information content (AvgIpc) is 2.96. The van der Waals surface area contributed by atoms with E-state index < -0.39 is 23.6 Å². The Bertz CT molecular complexity index is 1870. The smallest absolute Gasteiger partial charge is 0.410 e. The van der Waals surface area contributed by atoms with Gasteiger partial charge in [0.15, 0.2) is 11.9 Å². The minimum absolute atomic E-state index is 0.0177. The van der Waals surface area contributed by atoms with Crippen LogP contribution in [0.3, 0.4) is 0 Å². The molecule has 11 heteroatoms. The van der Waals surface area contributed by atoms with Crippen LogP contribution >= 0.6 is 11.6 Å². The Hall–Kier alpha value is -4.31. The maximum Gasteiger partial charge on any atom is 0.410 e. The van der Waals surface area contributed by atoms with Crippen LogP contribution in [0.25, 0.3) is 28.0 Å². The first-order valence-corrected chi connectivity index (χ1v) is 15.0. The van der Waals surface area contributed by atoms with Crippen molar-refractivity contribution < 1.29 is 15.7 Å². The molecule has 1 amide bonds. The van der Waals surface area contributed by atoms with Crippen LogP contribution in [0.2, 0.25) is 5.02 Å². The second-order valence-corrected chi connectivity index (χ2v) is 12.8. The first kappa shape index (κ1) is 29.7. The molecule has 1 aliphatic heterocycles. The lowest BCUT2D eigenvalue weighted by molar-refractivity contribution is 0.0218. The van der Waals surface area contributed by atoms with Crippen molar-refractivity contribution in [2.45, 2.75) is 66.0 Å². The fraction of sp³-hybridized carbons (Fsp3) is 0.394. The van der Waals surface area contributed by atoms with E-state index in [4.69, 9.17) is 22.7 Å². The Morgan fingerprint density at radius 2 is 1.91 bits per heavy atom. The molecule has 0 unspecified atom stereocenters. The molecule has 0 saturated carbocycles. The maximum atomic E-state index is 14.1. The first-order chi connectivity index (χ1) is 21.2. The molecule has 0 spiro atoms. The molecule has 1 aromatic carbocycles. The van der Waals surface area contributed by atoms with Crippen molar-refractivity contribution in [1.29, 1.82) is 0 Å². The summed E-state index contributed by atoms with van der Waals surface area (Å²) in [4.78, 5) is 57.0. The normalized spacial score (nSPS) is 15.9. The van der Waals surface area contributed by atoms with Gasteiger partial charge in [-0.3, -0.25) is 9.78 Å². The van der Waals surface area contributed by atoms with Crippen LogP contribution in [0.5, 0.6) is 0 Å². The van der Waals surface area contributed by atoms with Gasteiger partial charge < -0.3 is 14.5 Å². The lowest BCUT2D eigenvalue weighted by atomic mass is 10.0. The van der Waals surface area contributed by atoms with E-state index in [1.54, 1.807) is 41.4 Å². The van der Waals surface area contributed by atoms with Crippen LogP contribution in [0.1, 0.15) is 70.4 Å². The lowest BCUT2D eigenvalue weighted by Crippen LogP contribution is -2.55. The summed E-state index contributed by atoms with van der Waals surface area (Å²) in [5.74, 6) is 0.372. The number of anilines is 1. The summed E-state index contributed by atoms with van der Waals surface area (Å²) in [6, 6.07) is 9.95. The molecule has 1 aliphatic rings. The standard InChI is InChI=1S/C33H37ClN6O4/c1-19(2)26-28(20(3)12-13-35-26)40-30-24(16-25(34)27(36-30)23-11-9-8-10-22(23)18-41)29(37-31(40)42)39-15-14-38(17-21(39)4)32(43)44-33(5,6)7/h8-13,16,18-19,21H,14-15,17H2,1-7H3/t21-/m0/s1/i18D. The van der Waals surface area contributed by atoms with E-state index in [1.807, 2.05) is 59.4 Å². The number of carbonyl (C=O) groups is 2. The number of hydrogen-bond donors (Lipinski definition) is 0. The SMILES string of the molecule is [2H]C(=O)c1ccccc1-c1nc2c(cc1Cl)c(N1CCN(C(=O)OC(C)(C)C)C[C@@H]1C)nc(=O)n2-c1c(C)ccnc1C(C)C. The molecule has 0 N–H and O–H groups in total. The molecular weight excluding hydrogens is 580 g/mol.